The molecule has 0 atom stereocenters. The molecule has 2 aromatic rings. The van der Waals surface area contributed by atoms with E-state index in [-0.39, 0.29) is 5.82 Å². The van der Waals surface area contributed by atoms with Crippen LogP contribution in [0.3, 0.4) is 0 Å². The van der Waals surface area contributed by atoms with Gasteiger partial charge in [0.25, 0.3) is 0 Å². The summed E-state index contributed by atoms with van der Waals surface area (Å²) in [4.78, 5) is 0. The zero-order chi connectivity index (χ0) is 13.1. The van der Waals surface area contributed by atoms with Crippen molar-refractivity contribution in [1.82, 2.24) is 15.5 Å². The van der Waals surface area contributed by atoms with Gasteiger partial charge in [-0.25, -0.2) is 4.39 Å². The lowest BCUT2D eigenvalue weighted by Crippen LogP contribution is -2.11. The molecule has 0 aliphatic heterocycles. The van der Waals surface area contributed by atoms with Gasteiger partial charge in [0, 0.05) is 29.2 Å². The number of benzene rings is 1. The van der Waals surface area contributed by atoms with E-state index in [1.54, 1.807) is 6.07 Å². The molecule has 0 saturated carbocycles. The fraction of sp³-hybridized carbons (Fsp3) is 0.308. The standard InChI is InChI=1S/C13H15ClFN3/c1-8-12(5-6-16-2)17-18-13(8)10-7-9(14)3-4-11(10)15/h3-4,7,16H,5-6H2,1-2H3,(H,17,18). The lowest BCUT2D eigenvalue weighted by atomic mass is 10.1. The summed E-state index contributed by atoms with van der Waals surface area (Å²) in [6, 6.07) is 4.49. The summed E-state index contributed by atoms with van der Waals surface area (Å²) in [6.07, 6.45) is 0.831. The van der Waals surface area contributed by atoms with Gasteiger partial charge in [-0.05, 0) is 37.7 Å². The first-order valence-electron chi connectivity index (χ1n) is 5.77. The number of aromatic amines is 1. The minimum absolute atomic E-state index is 0.311. The summed E-state index contributed by atoms with van der Waals surface area (Å²) in [5.41, 5.74) is 3.04. The molecule has 1 heterocycles. The first-order valence-corrected chi connectivity index (χ1v) is 6.15. The van der Waals surface area contributed by atoms with Crippen LogP contribution < -0.4 is 5.32 Å². The number of aromatic nitrogens is 2. The molecule has 18 heavy (non-hydrogen) atoms. The Morgan fingerprint density at radius 3 is 2.94 bits per heavy atom. The zero-order valence-corrected chi connectivity index (χ0v) is 11.1. The highest BCUT2D eigenvalue weighted by atomic mass is 35.5. The lowest BCUT2D eigenvalue weighted by molar-refractivity contribution is 0.630. The normalized spacial score (nSPS) is 10.9. The minimum atomic E-state index is -0.311. The fourth-order valence-electron chi connectivity index (χ4n) is 1.87. The second kappa shape index (κ2) is 5.50. The number of likely N-dealkylation sites (N-methyl/N-ethyl adjacent to an activating group) is 1. The maximum Gasteiger partial charge on any atom is 0.132 e. The molecule has 0 saturated heterocycles. The topological polar surface area (TPSA) is 40.7 Å². The van der Waals surface area contributed by atoms with Crippen molar-refractivity contribution in [3.63, 3.8) is 0 Å². The minimum Gasteiger partial charge on any atom is -0.319 e. The van der Waals surface area contributed by atoms with Crippen molar-refractivity contribution < 1.29 is 4.39 Å². The van der Waals surface area contributed by atoms with Crippen LogP contribution in [-0.4, -0.2) is 23.8 Å². The third-order valence-electron chi connectivity index (χ3n) is 2.92. The molecule has 2 rings (SSSR count). The fourth-order valence-corrected chi connectivity index (χ4v) is 2.04. The van der Waals surface area contributed by atoms with Crippen LogP contribution in [0.1, 0.15) is 11.3 Å². The number of nitrogens with one attached hydrogen (secondary N) is 2. The highest BCUT2D eigenvalue weighted by molar-refractivity contribution is 6.30. The van der Waals surface area contributed by atoms with Crippen LogP contribution in [0, 0.1) is 12.7 Å². The molecule has 0 unspecified atom stereocenters. The van der Waals surface area contributed by atoms with Crippen LogP contribution in [0.25, 0.3) is 11.3 Å². The van der Waals surface area contributed by atoms with E-state index < -0.39 is 0 Å². The van der Waals surface area contributed by atoms with Crippen molar-refractivity contribution in [2.24, 2.45) is 0 Å². The Balaban J connectivity index is 2.39. The molecule has 5 heteroatoms. The maximum atomic E-state index is 13.8. The van der Waals surface area contributed by atoms with E-state index in [4.69, 9.17) is 11.6 Å². The summed E-state index contributed by atoms with van der Waals surface area (Å²) in [7, 11) is 1.89. The van der Waals surface area contributed by atoms with Gasteiger partial charge in [0.1, 0.15) is 5.82 Å². The largest absolute Gasteiger partial charge is 0.319 e. The molecule has 1 aromatic heterocycles. The van der Waals surface area contributed by atoms with Gasteiger partial charge in [0.05, 0.1) is 5.69 Å². The number of halogens is 2. The number of hydrogen-bond acceptors (Lipinski definition) is 2. The van der Waals surface area contributed by atoms with E-state index in [0.29, 0.717) is 16.3 Å². The quantitative estimate of drug-likeness (QED) is 0.894. The zero-order valence-electron chi connectivity index (χ0n) is 10.3. The molecule has 96 valence electrons. The summed E-state index contributed by atoms with van der Waals surface area (Å²) >= 11 is 5.89. The Bertz CT molecular complexity index is 551. The van der Waals surface area contributed by atoms with Gasteiger partial charge >= 0.3 is 0 Å². The lowest BCUT2D eigenvalue weighted by Gasteiger charge is -2.03. The van der Waals surface area contributed by atoms with Gasteiger partial charge < -0.3 is 5.32 Å². The van der Waals surface area contributed by atoms with E-state index in [1.165, 1.54) is 12.1 Å². The Hall–Kier alpha value is -1.39. The van der Waals surface area contributed by atoms with E-state index in [0.717, 1.165) is 24.2 Å². The van der Waals surface area contributed by atoms with Crippen molar-refractivity contribution in [2.45, 2.75) is 13.3 Å². The van der Waals surface area contributed by atoms with Crippen LogP contribution >= 0.6 is 11.6 Å². The Labute approximate surface area is 110 Å². The molecule has 0 bridgehead atoms. The molecule has 1 aromatic carbocycles. The molecule has 3 nitrogen and oxygen atoms in total. The van der Waals surface area contributed by atoms with E-state index in [2.05, 4.69) is 15.5 Å². The molecule has 2 N–H and O–H groups in total. The predicted octanol–water partition coefficient (Wildman–Crippen LogP) is 2.94. The average Bonchev–Trinajstić information content (AvgIpc) is 2.71. The Morgan fingerprint density at radius 1 is 1.44 bits per heavy atom. The second-order valence-electron chi connectivity index (χ2n) is 4.15. The maximum absolute atomic E-state index is 13.8. The van der Waals surface area contributed by atoms with Gasteiger partial charge in [0.15, 0.2) is 0 Å². The Morgan fingerprint density at radius 2 is 2.22 bits per heavy atom. The van der Waals surface area contributed by atoms with E-state index in [1.807, 2.05) is 14.0 Å². The number of H-pyrrole nitrogens is 1. The Kier molecular flexibility index (Phi) is 3.99. The monoisotopic (exact) mass is 267 g/mol. The first-order chi connectivity index (χ1) is 8.63. The SMILES string of the molecule is CNCCc1[nH]nc(-c2cc(Cl)ccc2F)c1C. The molecule has 0 aliphatic carbocycles. The van der Waals surface area contributed by atoms with Crippen molar-refractivity contribution in [1.29, 1.82) is 0 Å². The van der Waals surface area contributed by atoms with Crippen LogP contribution in [0.5, 0.6) is 0 Å². The van der Waals surface area contributed by atoms with Gasteiger partial charge in [-0.3, -0.25) is 5.10 Å². The summed E-state index contributed by atoms with van der Waals surface area (Å²) in [5, 5.41) is 10.7. The highest BCUT2D eigenvalue weighted by Gasteiger charge is 2.14. The van der Waals surface area contributed by atoms with Crippen LogP contribution in [0.15, 0.2) is 18.2 Å². The summed E-state index contributed by atoms with van der Waals surface area (Å²) in [5.74, 6) is -0.311. The third kappa shape index (κ3) is 2.54. The molecule has 0 radical (unpaired) electrons. The van der Waals surface area contributed by atoms with Crippen molar-refractivity contribution in [3.8, 4) is 11.3 Å². The molecule has 0 spiro atoms. The van der Waals surface area contributed by atoms with Gasteiger partial charge in [-0.2, -0.15) is 5.10 Å². The predicted molar refractivity (Wildman–Crippen MR) is 71.4 cm³/mol. The molecular weight excluding hydrogens is 253 g/mol. The summed E-state index contributed by atoms with van der Waals surface area (Å²) < 4.78 is 13.8. The van der Waals surface area contributed by atoms with Crippen LogP contribution in [-0.2, 0) is 6.42 Å². The molecule has 0 amide bonds. The summed E-state index contributed by atoms with van der Waals surface area (Å²) in [6.45, 7) is 2.78. The number of hydrogen-bond donors (Lipinski definition) is 2. The van der Waals surface area contributed by atoms with Crippen LogP contribution in [0.4, 0.5) is 4.39 Å². The highest BCUT2D eigenvalue weighted by Crippen LogP contribution is 2.28. The van der Waals surface area contributed by atoms with Crippen LogP contribution in [0.2, 0.25) is 5.02 Å². The molecule has 0 aliphatic rings. The van der Waals surface area contributed by atoms with E-state index in [9.17, 15) is 4.39 Å². The van der Waals surface area contributed by atoms with Gasteiger partial charge in [-0.15, -0.1) is 0 Å². The van der Waals surface area contributed by atoms with Gasteiger partial charge in [0.2, 0.25) is 0 Å². The second-order valence-corrected chi connectivity index (χ2v) is 4.59. The number of nitrogens with zero attached hydrogens (tertiary/aromatic N) is 1. The molecular formula is C13H15ClFN3. The smallest absolute Gasteiger partial charge is 0.132 e. The molecule has 0 fully saturated rings. The van der Waals surface area contributed by atoms with E-state index >= 15 is 0 Å². The average molecular weight is 268 g/mol. The first kappa shape index (κ1) is 13.1. The number of rotatable bonds is 4. The third-order valence-corrected chi connectivity index (χ3v) is 3.15. The van der Waals surface area contributed by atoms with Crippen molar-refractivity contribution in [3.05, 3.63) is 40.3 Å². The van der Waals surface area contributed by atoms with Crippen molar-refractivity contribution in [2.75, 3.05) is 13.6 Å². The van der Waals surface area contributed by atoms with Gasteiger partial charge in [-0.1, -0.05) is 11.6 Å². The van der Waals surface area contributed by atoms with Crippen molar-refractivity contribution >= 4 is 11.6 Å².